The van der Waals surface area contributed by atoms with E-state index in [0.717, 1.165) is 6.21 Å². The molecule has 0 fully saturated rings. The maximum absolute atomic E-state index is 7.26. The number of thioether (sulfide) groups is 1. The summed E-state index contributed by atoms with van der Waals surface area (Å²) in [4.78, 5) is 8.32. The number of hydrogen-bond donors (Lipinski definition) is 2. The second-order valence-corrected chi connectivity index (χ2v) is 4.34. The lowest BCUT2D eigenvalue weighted by Gasteiger charge is -2.12. The Morgan fingerprint density at radius 1 is 1.47 bits per heavy atom. The summed E-state index contributed by atoms with van der Waals surface area (Å²) >= 11 is 7.36. The van der Waals surface area contributed by atoms with Crippen LogP contribution in [-0.2, 0) is 0 Å². The predicted molar refractivity (Wildman–Crippen MR) is 65.5 cm³/mol. The minimum atomic E-state index is 0.240. The summed E-state index contributed by atoms with van der Waals surface area (Å²) < 4.78 is 0. The van der Waals surface area contributed by atoms with Crippen molar-refractivity contribution in [2.24, 2.45) is 0 Å². The number of nitrogens with zero attached hydrogens (tertiary/aromatic N) is 2. The van der Waals surface area contributed by atoms with Crippen molar-refractivity contribution in [3.05, 3.63) is 10.7 Å². The molecule has 82 valence electrons. The third-order valence-electron chi connectivity index (χ3n) is 1.63. The Morgan fingerprint density at radius 2 is 2.13 bits per heavy atom. The van der Waals surface area contributed by atoms with E-state index in [1.165, 1.54) is 11.8 Å². The first-order valence-electron chi connectivity index (χ1n) is 4.47. The minimum Gasteiger partial charge on any atom is -0.367 e. The largest absolute Gasteiger partial charge is 0.367 e. The van der Waals surface area contributed by atoms with Gasteiger partial charge in [0.25, 0.3) is 0 Å². The van der Waals surface area contributed by atoms with E-state index in [-0.39, 0.29) is 6.04 Å². The van der Waals surface area contributed by atoms with E-state index in [1.54, 1.807) is 0 Å². The van der Waals surface area contributed by atoms with Gasteiger partial charge in [0.15, 0.2) is 5.16 Å². The molecule has 0 amide bonds. The van der Waals surface area contributed by atoms with Gasteiger partial charge in [0.1, 0.15) is 11.0 Å². The normalized spacial score (nSPS) is 10.5. The van der Waals surface area contributed by atoms with E-state index < -0.39 is 0 Å². The summed E-state index contributed by atoms with van der Waals surface area (Å²) in [5, 5.41) is 11.3. The lowest BCUT2D eigenvalue weighted by Crippen LogP contribution is -2.14. The smallest absolute Gasteiger partial charge is 0.190 e. The number of nitrogens with one attached hydrogen (secondary N) is 2. The van der Waals surface area contributed by atoms with Crippen LogP contribution in [0.4, 0.5) is 5.82 Å². The van der Waals surface area contributed by atoms with Crippen LogP contribution in [0.15, 0.2) is 5.16 Å². The Hall–Kier alpha value is -0.810. The van der Waals surface area contributed by atoms with Crippen molar-refractivity contribution in [1.29, 1.82) is 5.41 Å². The minimum absolute atomic E-state index is 0.240. The number of rotatable bonds is 4. The highest BCUT2D eigenvalue weighted by molar-refractivity contribution is 7.98. The molecule has 0 aromatic carbocycles. The van der Waals surface area contributed by atoms with E-state index in [9.17, 15) is 0 Å². The molecule has 0 aliphatic rings. The van der Waals surface area contributed by atoms with Gasteiger partial charge in [-0.25, -0.2) is 9.97 Å². The second kappa shape index (κ2) is 5.32. The Bertz CT molecular complexity index is 367. The Labute approximate surface area is 98.4 Å². The first kappa shape index (κ1) is 12.3. The molecule has 4 nitrogen and oxygen atoms in total. The van der Waals surface area contributed by atoms with Gasteiger partial charge in [0, 0.05) is 12.3 Å². The highest BCUT2D eigenvalue weighted by atomic mass is 35.5. The first-order chi connectivity index (χ1) is 7.08. The highest BCUT2D eigenvalue weighted by Crippen LogP contribution is 2.23. The van der Waals surface area contributed by atoms with Crippen LogP contribution in [0.3, 0.4) is 0 Å². The average Bonchev–Trinajstić information content (AvgIpc) is 2.16. The Morgan fingerprint density at radius 3 is 2.60 bits per heavy atom. The third kappa shape index (κ3) is 3.07. The van der Waals surface area contributed by atoms with Crippen molar-refractivity contribution in [3.63, 3.8) is 0 Å². The molecule has 0 unspecified atom stereocenters. The van der Waals surface area contributed by atoms with Crippen LogP contribution in [0, 0.1) is 5.41 Å². The monoisotopic (exact) mass is 244 g/mol. The van der Waals surface area contributed by atoms with E-state index in [1.807, 2.05) is 20.1 Å². The molecule has 0 saturated heterocycles. The number of aromatic nitrogens is 2. The van der Waals surface area contributed by atoms with Crippen molar-refractivity contribution in [1.82, 2.24) is 9.97 Å². The average molecular weight is 245 g/mol. The molecule has 0 aliphatic heterocycles. The Kier molecular flexibility index (Phi) is 4.35. The van der Waals surface area contributed by atoms with Gasteiger partial charge >= 0.3 is 0 Å². The maximum Gasteiger partial charge on any atom is 0.190 e. The SMILES string of the molecule is CSc1nc(Cl)c(C=N)c(NC(C)C)n1. The van der Waals surface area contributed by atoms with Crippen molar-refractivity contribution in [2.45, 2.75) is 25.0 Å². The van der Waals surface area contributed by atoms with Crippen LogP contribution in [0.1, 0.15) is 19.4 Å². The van der Waals surface area contributed by atoms with E-state index in [4.69, 9.17) is 17.0 Å². The van der Waals surface area contributed by atoms with Crippen LogP contribution in [0.5, 0.6) is 0 Å². The molecule has 0 atom stereocenters. The third-order valence-corrected chi connectivity index (χ3v) is 2.47. The van der Waals surface area contributed by atoms with E-state index >= 15 is 0 Å². The quantitative estimate of drug-likeness (QED) is 0.370. The van der Waals surface area contributed by atoms with Crippen molar-refractivity contribution >= 4 is 35.4 Å². The Balaban J connectivity index is 3.19. The van der Waals surface area contributed by atoms with Gasteiger partial charge in [-0.3, -0.25) is 0 Å². The fourth-order valence-electron chi connectivity index (χ4n) is 1.03. The fraction of sp³-hybridized carbons (Fsp3) is 0.444. The van der Waals surface area contributed by atoms with E-state index in [2.05, 4.69) is 15.3 Å². The molecule has 0 saturated carbocycles. The zero-order valence-corrected chi connectivity index (χ0v) is 10.4. The van der Waals surface area contributed by atoms with E-state index in [0.29, 0.717) is 21.7 Å². The molecule has 0 bridgehead atoms. The fourth-order valence-corrected chi connectivity index (χ4v) is 1.66. The first-order valence-corrected chi connectivity index (χ1v) is 6.07. The van der Waals surface area contributed by atoms with Gasteiger partial charge in [-0.2, -0.15) is 0 Å². The maximum atomic E-state index is 7.26. The van der Waals surface area contributed by atoms with Gasteiger partial charge < -0.3 is 10.7 Å². The molecule has 1 heterocycles. The highest BCUT2D eigenvalue weighted by Gasteiger charge is 2.11. The molecule has 2 N–H and O–H groups in total. The summed E-state index contributed by atoms with van der Waals surface area (Å²) in [6, 6.07) is 0.240. The number of hydrogen-bond acceptors (Lipinski definition) is 5. The molecular formula is C9H13ClN4S. The van der Waals surface area contributed by atoms with Crippen molar-refractivity contribution < 1.29 is 0 Å². The van der Waals surface area contributed by atoms with Gasteiger partial charge in [-0.1, -0.05) is 23.4 Å². The summed E-state index contributed by atoms with van der Waals surface area (Å²) in [7, 11) is 0. The van der Waals surface area contributed by atoms with Gasteiger partial charge in [0.2, 0.25) is 0 Å². The molecule has 6 heteroatoms. The zero-order valence-electron chi connectivity index (χ0n) is 8.84. The summed E-state index contributed by atoms with van der Waals surface area (Å²) in [6.45, 7) is 4.00. The molecule has 1 rings (SSSR count). The predicted octanol–water partition coefficient (Wildman–Crippen LogP) is 2.67. The van der Waals surface area contributed by atoms with Gasteiger partial charge in [-0.05, 0) is 20.1 Å². The van der Waals surface area contributed by atoms with Crippen LogP contribution < -0.4 is 5.32 Å². The zero-order chi connectivity index (χ0) is 11.4. The number of anilines is 1. The lowest BCUT2D eigenvalue weighted by atomic mass is 10.3. The summed E-state index contributed by atoms with van der Waals surface area (Å²) in [6.07, 6.45) is 3.05. The molecule has 0 spiro atoms. The molecule has 1 aromatic heterocycles. The van der Waals surface area contributed by atoms with Crippen LogP contribution in [-0.4, -0.2) is 28.5 Å². The second-order valence-electron chi connectivity index (χ2n) is 3.21. The van der Waals surface area contributed by atoms with Crippen molar-refractivity contribution in [2.75, 3.05) is 11.6 Å². The molecule has 1 aromatic rings. The molecule has 0 aliphatic carbocycles. The lowest BCUT2D eigenvalue weighted by molar-refractivity contribution is 0.866. The summed E-state index contributed by atoms with van der Waals surface area (Å²) in [5.74, 6) is 0.615. The molecule has 15 heavy (non-hydrogen) atoms. The summed E-state index contributed by atoms with van der Waals surface area (Å²) in [5.41, 5.74) is 0.531. The topological polar surface area (TPSA) is 61.7 Å². The van der Waals surface area contributed by atoms with Crippen LogP contribution >= 0.6 is 23.4 Å². The molecule has 0 radical (unpaired) electrons. The standard InChI is InChI=1S/C9H13ClN4S/c1-5(2)12-8-6(4-11)7(10)13-9(14-8)15-3/h4-5,11H,1-3H3,(H,12,13,14). The van der Waals surface area contributed by atoms with Crippen molar-refractivity contribution in [3.8, 4) is 0 Å². The molecular weight excluding hydrogens is 232 g/mol. The van der Waals surface area contributed by atoms with Gasteiger partial charge in [0.05, 0.1) is 5.56 Å². The van der Waals surface area contributed by atoms with Crippen LogP contribution in [0.2, 0.25) is 5.15 Å². The number of halogens is 1. The van der Waals surface area contributed by atoms with Crippen LogP contribution in [0.25, 0.3) is 0 Å². The van der Waals surface area contributed by atoms with Gasteiger partial charge in [-0.15, -0.1) is 0 Å².